The Balaban J connectivity index is 2.56. The fourth-order valence-corrected chi connectivity index (χ4v) is 2.00. The fraction of sp³-hybridized carbons (Fsp3) is 0.308. The number of hydrogen-bond acceptors (Lipinski definition) is 2. The lowest BCUT2D eigenvalue weighted by Gasteiger charge is -2.09. The van der Waals surface area contributed by atoms with Gasteiger partial charge in [0.1, 0.15) is 5.69 Å². The second-order valence-electron chi connectivity index (χ2n) is 4.13. The summed E-state index contributed by atoms with van der Waals surface area (Å²) < 4.78 is 41.2. The number of benzene rings is 1. The van der Waals surface area contributed by atoms with E-state index in [4.69, 9.17) is 0 Å². The third-order valence-corrected chi connectivity index (χ3v) is 2.88. The van der Waals surface area contributed by atoms with E-state index in [1.165, 1.54) is 4.68 Å². The van der Waals surface area contributed by atoms with E-state index in [-0.39, 0.29) is 5.69 Å². The van der Waals surface area contributed by atoms with Crippen molar-refractivity contribution in [3.8, 4) is 5.69 Å². The van der Waals surface area contributed by atoms with Crippen molar-refractivity contribution in [2.75, 3.05) is 7.05 Å². The minimum absolute atomic E-state index is 0.0851. The number of rotatable bonds is 4. The minimum Gasteiger partial charge on any atom is -0.316 e. The van der Waals surface area contributed by atoms with Crippen LogP contribution >= 0.6 is 0 Å². The van der Waals surface area contributed by atoms with Crippen LogP contribution < -0.4 is 5.32 Å². The lowest BCUT2D eigenvalue weighted by Crippen LogP contribution is -2.10. The third kappa shape index (κ3) is 2.49. The Kier molecular flexibility index (Phi) is 3.90. The predicted molar refractivity (Wildman–Crippen MR) is 65.6 cm³/mol. The van der Waals surface area contributed by atoms with E-state index >= 15 is 0 Å². The standard InChI is InChI=1S/C13H14F3N3/c1-3-12-8(6-17-2)7-18-19(12)13-5-10(15)9(14)4-11(13)16/h4-5,7,17H,3,6H2,1-2H3. The highest BCUT2D eigenvalue weighted by molar-refractivity contribution is 5.37. The Labute approximate surface area is 109 Å². The molecule has 19 heavy (non-hydrogen) atoms. The highest BCUT2D eigenvalue weighted by atomic mass is 19.2. The highest BCUT2D eigenvalue weighted by Gasteiger charge is 2.16. The van der Waals surface area contributed by atoms with Gasteiger partial charge in [-0.2, -0.15) is 5.10 Å². The molecule has 0 bridgehead atoms. The topological polar surface area (TPSA) is 29.9 Å². The van der Waals surface area contributed by atoms with Crippen LogP contribution in [0.1, 0.15) is 18.2 Å². The molecular formula is C13H14F3N3. The molecular weight excluding hydrogens is 255 g/mol. The van der Waals surface area contributed by atoms with Gasteiger partial charge in [0.05, 0.1) is 6.20 Å². The van der Waals surface area contributed by atoms with Crippen LogP contribution in [0.15, 0.2) is 18.3 Å². The summed E-state index contributed by atoms with van der Waals surface area (Å²) in [5, 5.41) is 7.03. The van der Waals surface area contributed by atoms with E-state index in [0.717, 1.165) is 17.3 Å². The van der Waals surface area contributed by atoms with Crippen molar-refractivity contribution in [1.29, 1.82) is 0 Å². The van der Waals surface area contributed by atoms with Crippen LogP contribution in [0.3, 0.4) is 0 Å². The van der Waals surface area contributed by atoms with Gasteiger partial charge >= 0.3 is 0 Å². The van der Waals surface area contributed by atoms with Crippen LogP contribution in [0.25, 0.3) is 5.69 Å². The van der Waals surface area contributed by atoms with E-state index in [1.54, 1.807) is 13.2 Å². The zero-order valence-electron chi connectivity index (χ0n) is 10.7. The molecule has 0 aliphatic heterocycles. The van der Waals surface area contributed by atoms with Gasteiger partial charge in [0, 0.05) is 29.9 Å². The Hall–Kier alpha value is -1.82. The van der Waals surface area contributed by atoms with Crippen LogP contribution in [0.5, 0.6) is 0 Å². The maximum absolute atomic E-state index is 13.7. The van der Waals surface area contributed by atoms with Crippen LogP contribution in [0.4, 0.5) is 13.2 Å². The summed E-state index contributed by atoms with van der Waals surface area (Å²) in [6.07, 6.45) is 2.20. The van der Waals surface area contributed by atoms with E-state index < -0.39 is 17.5 Å². The van der Waals surface area contributed by atoms with E-state index in [9.17, 15) is 13.2 Å². The van der Waals surface area contributed by atoms with Gasteiger partial charge in [-0.05, 0) is 13.5 Å². The molecule has 2 rings (SSSR count). The van der Waals surface area contributed by atoms with Crippen LogP contribution in [0, 0.1) is 17.5 Å². The number of nitrogens with zero attached hydrogens (tertiary/aromatic N) is 2. The Morgan fingerprint density at radius 1 is 1.16 bits per heavy atom. The number of nitrogens with one attached hydrogen (secondary N) is 1. The molecule has 1 aromatic heterocycles. The molecule has 0 saturated carbocycles. The van der Waals surface area contributed by atoms with Gasteiger partial charge in [-0.15, -0.1) is 0 Å². The zero-order chi connectivity index (χ0) is 14.0. The van der Waals surface area contributed by atoms with Crippen LogP contribution in [0.2, 0.25) is 0 Å². The lowest BCUT2D eigenvalue weighted by atomic mass is 10.2. The quantitative estimate of drug-likeness (QED) is 0.865. The van der Waals surface area contributed by atoms with Gasteiger partial charge in [0.15, 0.2) is 17.5 Å². The van der Waals surface area contributed by atoms with Crippen molar-refractivity contribution in [3.63, 3.8) is 0 Å². The molecule has 1 heterocycles. The van der Waals surface area contributed by atoms with Gasteiger partial charge in [0.2, 0.25) is 0 Å². The van der Waals surface area contributed by atoms with Crippen molar-refractivity contribution >= 4 is 0 Å². The summed E-state index contributed by atoms with van der Waals surface area (Å²) in [5.41, 5.74) is 1.58. The molecule has 0 radical (unpaired) electrons. The Morgan fingerprint density at radius 2 is 1.84 bits per heavy atom. The molecule has 0 aliphatic carbocycles. The molecule has 0 atom stereocenters. The fourth-order valence-electron chi connectivity index (χ4n) is 2.00. The molecule has 0 saturated heterocycles. The second kappa shape index (κ2) is 5.44. The van der Waals surface area contributed by atoms with Crippen LogP contribution in [-0.2, 0) is 13.0 Å². The van der Waals surface area contributed by atoms with Crippen LogP contribution in [-0.4, -0.2) is 16.8 Å². The van der Waals surface area contributed by atoms with Gasteiger partial charge in [-0.3, -0.25) is 0 Å². The molecule has 0 spiro atoms. The van der Waals surface area contributed by atoms with E-state index in [0.29, 0.717) is 19.0 Å². The average Bonchev–Trinajstić information content (AvgIpc) is 2.77. The minimum atomic E-state index is -1.21. The first-order valence-electron chi connectivity index (χ1n) is 5.93. The monoisotopic (exact) mass is 269 g/mol. The van der Waals surface area contributed by atoms with Crippen molar-refractivity contribution < 1.29 is 13.2 Å². The van der Waals surface area contributed by atoms with Crippen molar-refractivity contribution in [1.82, 2.24) is 15.1 Å². The van der Waals surface area contributed by atoms with Crippen molar-refractivity contribution in [2.45, 2.75) is 19.9 Å². The lowest BCUT2D eigenvalue weighted by molar-refractivity contribution is 0.491. The van der Waals surface area contributed by atoms with Gasteiger partial charge in [0.25, 0.3) is 0 Å². The number of hydrogen-bond donors (Lipinski definition) is 1. The summed E-state index contributed by atoms with van der Waals surface area (Å²) in [5.74, 6) is -3.14. The number of aromatic nitrogens is 2. The molecule has 3 nitrogen and oxygen atoms in total. The zero-order valence-corrected chi connectivity index (χ0v) is 10.7. The summed E-state index contributed by atoms with van der Waals surface area (Å²) in [6, 6.07) is 1.35. The largest absolute Gasteiger partial charge is 0.316 e. The SMILES string of the molecule is CCc1c(CNC)cnn1-c1cc(F)c(F)cc1F. The predicted octanol–water partition coefficient (Wildman–Crippen LogP) is 2.57. The summed E-state index contributed by atoms with van der Waals surface area (Å²) in [7, 11) is 1.79. The average molecular weight is 269 g/mol. The van der Waals surface area contributed by atoms with E-state index in [1.807, 2.05) is 6.92 Å². The third-order valence-electron chi connectivity index (χ3n) is 2.88. The summed E-state index contributed by atoms with van der Waals surface area (Å²) in [4.78, 5) is 0. The molecule has 2 aromatic rings. The summed E-state index contributed by atoms with van der Waals surface area (Å²) >= 11 is 0. The van der Waals surface area contributed by atoms with E-state index in [2.05, 4.69) is 10.4 Å². The molecule has 0 fully saturated rings. The maximum atomic E-state index is 13.7. The maximum Gasteiger partial charge on any atom is 0.161 e. The normalized spacial score (nSPS) is 11.0. The molecule has 0 unspecified atom stereocenters. The number of halogens is 3. The smallest absolute Gasteiger partial charge is 0.161 e. The Bertz CT molecular complexity index is 593. The van der Waals surface area contributed by atoms with Crippen molar-refractivity contribution in [2.24, 2.45) is 0 Å². The molecule has 102 valence electrons. The molecule has 6 heteroatoms. The molecule has 1 aromatic carbocycles. The Morgan fingerprint density at radius 3 is 2.47 bits per heavy atom. The van der Waals surface area contributed by atoms with Crippen molar-refractivity contribution in [3.05, 3.63) is 47.0 Å². The molecule has 1 N–H and O–H groups in total. The summed E-state index contributed by atoms with van der Waals surface area (Å²) in [6.45, 7) is 2.47. The molecule has 0 aliphatic rings. The first kappa shape index (κ1) is 13.6. The van der Waals surface area contributed by atoms with Gasteiger partial charge in [-0.1, -0.05) is 6.92 Å². The molecule has 0 amide bonds. The second-order valence-corrected chi connectivity index (χ2v) is 4.13. The van der Waals surface area contributed by atoms with Gasteiger partial charge < -0.3 is 5.32 Å². The first-order chi connectivity index (χ1) is 9.08. The highest BCUT2D eigenvalue weighted by Crippen LogP contribution is 2.21. The first-order valence-corrected chi connectivity index (χ1v) is 5.93. The van der Waals surface area contributed by atoms with Gasteiger partial charge in [-0.25, -0.2) is 17.9 Å².